The summed E-state index contributed by atoms with van der Waals surface area (Å²) in [5.74, 6) is 0.0578. The van der Waals surface area contributed by atoms with Gasteiger partial charge in [-0.3, -0.25) is 0 Å². The van der Waals surface area contributed by atoms with Crippen molar-refractivity contribution in [1.82, 2.24) is 5.32 Å². The molecule has 6 heteroatoms. The van der Waals surface area contributed by atoms with E-state index in [9.17, 15) is 8.42 Å². The summed E-state index contributed by atoms with van der Waals surface area (Å²) in [4.78, 5) is 0.213. The molecular weight excluding hydrogens is 281 g/mol. The third-order valence-corrected chi connectivity index (χ3v) is 5.75. The third kappa shape index (κ3) is 1.97. The molecule has 0 bridgehead atoms. The highest BCUT2D eigenvalue weighted by Crippen LogP contribution is 2.43. The molecular formula is C11H11Cl2NO2S. The Bertz CT molecular complexity index is 581. The van der Waals surface area contributed by atoms with Crippen LogP contribution >= 0.6 is 23.2 Å². The summed E-state index contributed by atoms with van der Waals surface area (Å²) in [7, 11) is -3.30. The van der Waals surface area contributed by atoms with Gasteiger partial charge in [-0.1, -0.05) is 23.2 Å². The van der Waals surface area contributed by atoms with Crippen molar-refractivity contribution in [1.29, 1.82) is 0 Å². The van der Waals surface area contributed by atoms with Crippen molar-refractivity contribution in [2.45, 2.75) is 29.8 Å². The fourth-order valence-corrected chi connectivity index (χ4v) is 4.93. The molecule has 1 N–H and O–H groups in total. The van der Waals surface area contributed by atoms with Crippen LogP contribution in [0.1, 0.15) is 24.4 Å². The minimum atomic E-state index is -3.30. The van der Waals surface area contributed by atoms with Gasteiger partial charge in [0.25, 0.3) is 0 Å². The third-order valence-electron chi connectivity index (χ3n) is 3.15. The van der Waals surface area contributed by atoms with Gasteiger partial charge in [-0.15, -0.1) is 0 Å². The Labute approximate surface area is 110 Å². The van der Waals surface area contributed by atoms with Crippen LogP contribution in [0.4, 0.5) is 0 Å². The SMILES string of the molecule is O=S1(=O)CC(NC2CC2)c2c(Cl)ccc(Cl)c21. The van der Waals surface area contributed by atoms with Gasteiger partial charge in [0.1, 0.15) is 0 Å². The summed E-state index contributed by atoms with van der Waals surface area (Å²) in [6.45, 7) is 0. The second-order valence-electron chi connectivity index (χ2n) is 4.55. The van der Waals surface area contributed by atoms with Gasteiger partial charge in [-0.2, -0.15) is 0 Å². The topological polar surface area (TPSA) is 46.2 Å². The quantitative estimate of drug-likeness (QED) is 0.911. The molecule has 1 unspecified atom stereocenters. The predicted octanol–water partition coefficient (Wildman–Crippen LogP) is 2.57. The number of hydrogen-bond acceptors (Lipinski definition) is 3. The van der Waals surface area contributed by atoms with Crippen LogP contribution in [0.5, 0.6) is 0 Å². The van der Waals surface area contributed by atoms with E-state index in [1.165, 1.54) is 0 Å². The molecule has 17 heavy (non-hydrogen) atoms. The van der Waals surface area contributed by atoms with Gasteiger partial charge < -0.3 is 5.32 Å². The zero-order valence-electron chi connectivity index (χ0n) is 8.91. The Hall–Kier alpha value is -0.290. The maximum atomic E-state index is 12.1. The first kappa shape index (κ1) is 11.8. The molecule has 0 spiro atoms. The van der Waals surface area contributed by atoms with Crippen LogP contribution < -0.4 is 5.32 Å². The second kappa shape index (κ2) is 3.85. The van der Waals surface area contributed by atoms with Crippen LogP contribution in [0.25, 0.3) is 0 Å². The van der Waals surface area contributed by atoms with E-state index in [2.05, 4.69) is 5.32 Å². The first-order valence-corrected chi connectivity index (χ1v) is 7.86. The van der Waals surface area contributed by atoms with Gasteiger partial charge >= 0.3 is 0 Å². The number of sulfone groups is 1. The highest BCUT2D eigenvalue weighted by atomic mass is 35.5. The number of nitrogens with one attached hydrogen (secondary N) is 1. The Morgan fingerprint density at radius 3 is 2.47 bits per heavy atom. The van der Waals surface area contributed by atoms with E-state index < -0.39 is 9.84 Å². The molecule has 3 rings (SSSR count). The van der Waals surface area contributed by atoms with Gasteiger partial charge in [0, 0.05) is 22.7 Å². The van der Waals surface area contributed by atoms with Gasteiger partial charge in [-0.05, 0) is 25.0 Å². The van der Waals surface area contributed by atoms with E-state index in [0.29, 0.717) is 16.6 Å². The van der Waals surface area contributed by atoms with E-state index in [4.69, 9.17) is 23.2 Å². The maximum Gasteiger partial charge on any atom is 0.182 e. The van der Waals surface area contributed by atoms with Crippen molar-refractivity contribution in [2.24, 2.45) is 0 Å². The first-order valence-electron chi connectivity index (χ1n) is 5.46. The number of benzene rings is 1. The van der Waals surface area contributed by atoms with Crippen molar-refractivity contribution >= 4 is 33.0 Å². The average Bonchev–Trinajstić information content (AvgIpc) is 2.98. The molecule has 1 atom stereocenters. The lowest BCUT2D eigenvalue weighted by molar-refractivity contribution is 0.564. The fourth-order valence-electron chi connectivity index (χ4n) is 2.24. The van der Waals surface area contributed by atoms with Crippen molar-refractivity contribution in [2.75, 3.05) is 5.75 Å². The van der Waals surface area contributed by atoms with E-state index >= 15 is 0 Å². The summed E-state index contributed by atoms with van der Waals surface area (Å²) in [5.41, 5.74) is 0.645. The van der Waals surface area contributed by atoms with Crippen LogP contribution in [-0.2, 0) is 9.84 Å². The molecule has 0 saturated heterocycles. The molecule has 1 aromatic carbocycles. The molecule has 3 nitrogen and oxygen atoms in total. The molecule has 1 heterocycles. The predicted molar refractivity (Wildman–Crippen MR) is 67.4 cm³/mol. The lowest BCUT2D eigenvalue weighted by Gasteiger charge is -2.13. The van der Waals surface area contributed by atoms with Crippen LogP contribution in [0.15, 0.2) is 17.0 Å². The lowest BCUT2D eigenvalue weighted by atomic mass is 10.1. The largest absolute Gasteiger partial charge is 0.306 e. The molecule has 1 aromatic rings. The molecule has 92 valence electrons. The van der Waals surface area contributed by atoms with E-state index in [0.717, 1.165) is 12.8 Å². The smallest absolute Gasteiger partial charge is 0.182 e. The standard InChI is InChI=1S/C11H11Cl2NO2S/c12-7-3-4-8(13)11-10(7)9(5-17(11,15)16)14-6-1-2-6/h3-4,6,9,14H,1-2,5H2. The summed E-state index contributed by atoms with van der Waals surface area (Å²) < 4.78 is 24.1. The highest BCUT2D eigenvalue weighted by Gasteiger charge is 2.40. The molecule has 1 fully saturated rings. The average molecular weight is 292 g/mol. The molecule has 2 aliphatic rings. The van der Waals surface area contributed by atoms with Gasteiger partial charge in [-0.25, -0.2) is 8.42 Å². The number of rotatable bonds is 2. The van der Waals surface area contributed by atoms with E-state index in [1.54, 1.807) is 12.1 Å². The zero-order valence-corrected chi connectivity index (χ0v) is 11.2. The lowest BCUT2D eigenvalue weighted by Crippen LogP contribution is -2.24. The Morgan fingerprint density at radius 2 is 1.82 bits per heavy atom. The van der Waals surface area contributed by atoms with Crippen molar-refractivity contribution in [3.63, 3.8) is 0 Å². The van der Waals surface area contributed by atoms with Gasteiger partial charge in [0.05, 0.1) is 15.7 Å². The summed E-state index contributed by atoms with van der Waals surface area (Å²) in [5, 5.41) is 4.05. The number of hydrogen-bond donors (Lipinski definition) is 1. The van der Waals surface area contributed by atoms with Gasteiger partial charge in [0.15, 0.2) is 9.84 Å². The second-order valence-corrected chi connectivity index (χ2v) is 7.33. The zero-order chi connectivity index (χ0) is 12.2. The van der Waals surface area contributed by atoms with Crippen LogP contribution in [0.2, 0.25) is 10.0 Å². The highest BCUT2D eigenvalue weighted by molar-refractivity contribution is 7.92. The van der Waals surface area contributed by atoms with E-state index in [-0.39, 0.29) is 21.7 Å². The first-order chi connectivity index (χ1) is 7.99. The van der Waals surface area contributed by atoms with Crippen LogP contribution in [-0.4, -0.2) is 20.2 Å². The molecule has 0 amide bonds. The van der Waals surface area contributed by atoms with Crippen molar-refractivity contribution in [3.8, 4) is 0 Å². The molecule has 0 aromatic heterocycles. The summed E-state index contributed by atoms with van der Waals surface area (Å²) in [6.07, 6.45) is 2.20. The fraction of sp³-hybridized carbons (Fsp3) is 0.455. The van der Waals surface area contributed by atoms with Crippen molar-refractivity contribution < 1.29 is 8.42 Å². The van der Waals surface area contributed by atoms with E-state index in [1.807, 2.05) is 0 Å². The summed E-state index contributed by atoms with van der Waals surface area (Å²) in [6, 6.07) is 3.41. The van der Waals surface area contributed by atoms with Crippen molar-refractivity contribution in [3.05, 3.63) is 27.7 Å². The monoisotopic (exact) mass is 291 g/mol. The van der Waals surface area contributed by atoms with Crippen LogP contribution in [0.3, 0.4) is 0 Å². The molecule has 1 aliphatic heterocycles. The number of fused-ring (bicyclic) bond motifs is 1. The molecule has 1 aliphatic carbocycles. The molecule has 1 saturated carbocycles. The molecule has 0 radical (unpaired) electrons. The Kier molecular flexibility index (Phi) is 2.67. The number of halogens is 2. The minimum absolute atomic E-state index is 0.0578. The van der Waals surface area contributed by atoms with Gasteiger partial charge in [0.2, 0.25) is 0 Å². The maximum absolute atomic E-state index is 12.1. The minimum Gasteiger partial charge on any atom is -0.306 e. The Morgan fingerprint density at radius 1 is 1.18 bits per heavy atom. The van der Waals surface area contributed by atoms with Crippen LogP contribution in [0, 0.1) is 0 Å². The normalized spacial score (nSPS) is 25.9. The summed E-state index contributed by atoms with van der Waals surface area (Å²) >= 11 is 12.1. The Balaban J connectivity index is 2.14.